The van der Waals surface area contributed by atoms with E-state index >= 15 is 0 Å². The Morgan fingerprint density at radius 2 is 1.78 bits per heavy atom. The van der Waals surface area contributed by atoms with E-state index in [0.29, 0.717) is 28.9 Å². The molecule has 0 radical (unpaired) electrons. The van der Waals surface area contributed by atoms with E-state index in [9.17, 15) is 14.4 Å². The molecule has 3 heterocycles. The van der Waals surface area contributed by atoms with Crippen LogP contribution in [0.5, 0.6) is 0 Å². The number of H-pyrrole nitrogens is 1. The van der Waals surface area contributed by atoms with Gasteiger partial charge in [0.05, 0.1) is 23.7 Å². The molecule has 1 unspecified atom stereocenters. The van der Waals surface area contributed by atoms with E-state index in [1.165, 1.54) is 5.01 Å². The number of rotatable bonds is 6. The Kier molecular flexibility index (Phi) is 6.71. The van der Waals surface area contributed by atoms with Gasteiger partial charge in [-0.15, -0.1) is 0 Å². The fraction of sp³-hybridized carbons (Fsp3) is 0.179. The Bertz CT molecular complexity index is 1590. The third-order valence-corrected chi connectivity index (χ3v) is 6.92. The van der Waals surface area contributed by atoms with E-state index in [4.69, 9.17) is 5.11 Å². The lowest BCUT2D eigenvalue weighted by Gasteiger charge is -2.22. The first-order chi connectivity index (χ1) is 17.8. The van der Waals surface area contributed by atoms with Crippen LogP contribution in [0.25, 0.3) is 22.2 Å². The summed E-state index contributed by atoms with van der Waals surface area (Å²) in [6, 6.07) is 18.6. The van der Waals surface area contributed by atoms with Gasteiger partial charge in [0.1, 0.15) is 5.65 Å². The third-order valence-electron chi connectivity index (χ3n) is 6.39. The molecule has 2 aromatic carbocycles. The minimum atomic E-state index is -1.06. The number of benzene rings is 2. The van der Waals surface area contributed by atoms with Crippen molar-refractivity contribution in [3.05, 3.63) is 98.4 Å². The van der Waals surface area contributed by atoms with Crippen molar-refractivity contribution < 1.29 is 14.7 Å². The van der Waals surface area contributed by atoms with Gasteiger partial charge in [0.2, 0.25) is 5.91 Å². The molecule has 0 saturated heterocycles. The monoisotopic (exact) mass is 558 g/mol. The maximum Gasteiger partial charge on any atom is 0.303 e. The molecule has 0 saturated carbocycles. The summed E-state index contributed by atoms with van der Waals surface area (Å²) in [4.78, 5) is 45.0. The van der Waals surface area contributed by atoms with Crippen LogP contribution in [0.3, 0.4) is 0 Å². The van der Waals surface area contributed by atoms with Crippen LogP contribution in [0.2, 0.25) is 0 Å². The average Bonchev–Trinajstić information content (AvgIpc) is 3.32. The van der Waals surface area contributed by atoms with Gasteiger partial charge >= 0.3 is 5.97 Å². The van der Waals surface area contributed by atoms with Crippen molar-refractivity contribution in [1.29, 1.82) is 0 Å². The number of fused-ring (bicyclic) bond motifs is 1. The Hall–Kier alpha value is -4.11. The normalized spacial score (nSPS) is 15.1. The lowest BCUT2D eigenvalue weighted by atomic mass is 9.91. The van der Waals surface area contributed by atoms with Gasteiger partial charge in [0.25, 0.3) is 5.56 Å². The quantitative estimate of drug-likeness (QED) is 0.337. The summed E-state index contributed by atoms with van der Waals surface area (Å²) in [6.45, 7) is 1.98. The molecule has 0 bridgehead atoms. The number of carboxylic acids is 1. The van der Waals surface area contributed by atoms with Crippen molar-refractivity contribution in [1.82, 2.24) is 15.0 Å². The molecular formula is C28H23BrN4O4. The number of hydrazone groups is 1. The van der Waals surface area contributed by atoms with Gasteiger partial charge in [-0.05, 0) is 42.3 Å². The second-order valence-electron chi connectivity index (χ2n) is 8.92. The van der Waals surface area contributed by atoms with Crippen molar-refractivity contribution >= 4 is 44.6 Å². The van der Waals surface area contributed by atoms with Crippen molar-refractivity contribution in [3.8, 4) is 11.1 Å². The SMILES string of the molecule is Cc1ccc(C2CC(c3c(-c4ccc(Br)cc4)c4cccnc4[nH]c3=O)=NN2C(=O)CCC(=O)O)cc1. The number of hydrogen-bond acceptors (Lipinski definition) is 5. The van der Waals surface area contributed by atoms with E-state index < -0.39 is 17.9 Å². The Morgan fingerprint density at radius 3 is 2.49 bits per heavy atom. The highest BCUT2D eigenvalue weighted by atomic mass is 79.9. The van der Waals surface area contributed by atoms with Gasteiger partial charge in [-0.3, -0.25) is 14.4 Å². The summed E-state index contributed by atoms with van der Waals surface area (Å²) in [5.41, 5.74) is 4.35. The second-order valence-corrected chi connectivity index (χ2v) is 9.84. The molecule has 2 N–H and O–H groups in total. The van der Waals surface area contributed by atoms with Crippen LogP contribution < -0.4 is 5.56 Å². The number of nitrogens with one attached hydrogen (secondary N) is 1. The standard InChI is InChI=1S/C28H23BrN4O4/c1-16-4-6-17(7-5-16)22-15-21(32-33(22)23(34)12-13-24(35)36)26-25(18-8-10-19(29)11-9-18)20-3-2-14-30-27(20)31-28(26)37/h2-11,14,22H,12-13,15H2,1H3,(H,35,36)(H,30,31,37). The summed E-state index contributed by atoms with van der Waals surface area (Å²) >= 11 is 3.46. The van der Waals surface area contributed by atoms with Crippen molar-refractivity contribution in [2.24, 2.45) is 5.10 Å². The predicted octanol–water partition coefficient (Wildman–Crippen LogP) is 5.20. The van der Waals surface area contributed by atoms with Crippen molar-refractivity contribution in [2.45, 2.75) is 32.2 Å². The van der Waals surface area contributed by atoms with Crippen LogP contribution in [0.1, 0.15) is 42.0 Å². The first kappa shape index (κ1) is 24.6. The van der Waals surface area contributed by atoms with Gasteiger partial charge in [0.15, 0.2) is 0 Å². The summed E-state index contributed by atoms with van der Waals surface area (Å²) in [6.07, 6.45) is 1.44. The lowest BCUT2D eigenvalue weighted by Crippen LogP contribution is -2.27. The molecule has 37 heavy (non-hydrogen) atoms. The molecule has 9 heteroatoms. The Morgan fingerprint density at radius 1 is 1.05 bits per heavy atom. The summed E-state index contributed by atoms with van der Waals surface area (Å²) in [5.74, 6) is -1.47. The van der Waals surface area contributed by atoms with E-state index in [1.54, 1.807) is 12.3 Å². The van der Waals surface area contributed by atoms with E-state index in [1.807, 2.05) is 61.5 Å². The molecule has 0 spiro atoms. The van der Waals surface area contributed by atoms with Crippen LogP contribution in [0, 0.1) is 6.92 Å². The first-order valence-electron chi connectivity index (χ1n) is 11.8. The number of pyridine rings is 2. The molecule has 1 aliphatic heterocycles. The zero-order valence-electron chi connectivity index (χ0n) is 19.9. The molecule has 0 aliphatic carbocycles. The van der Waals surface area contributed by atoms with Crippen LogP contribution in [0.4, 0.5) is 0 Å². The number of aliphatic carboxylic acids is 1. The number of halogens is 1. The average molecular weight is 559 g/mol. The molecule has 1 atom stereocenters. The zero-order chi connectivity index (χ0) is 26.1. The highest BCUT2D eigenvalue weighted by molar-refractivity contribution is 9.10. The van der Waals surface area contributed by atoms with Crippen LogP contribution >= 0.6 is 15.9 Å². The molecule has 8 nitrogen and oxygen atoms in total. The Balaban J connectivity index is 1.68. The smallest absolute Gasteiger partial charge is 0.303 e. The van der Waals surface area contributed by atoms with Gasteiger partial charge in [-0.2, -0.15) is 5.10 Å². The van der Waals surface area contributed by atoms with E-state index in [0.717, 1.165) is 26.5 Å². The number of aromatic nitrogens is 2. The number of aromatic amines is 1. The van der Waals surface area contributed by atoms with Gasteiger partial charge in [-0.25, -0.2) is 9.99 Å². The number of aryl methyl sites for hydroxylation is 1. The molecule has 1 amide bonds. The molecule has 2 aromatic heterocycles. The van der Waals surface area contributed by atoms with Crippen LogP contribution in [-0.4, -0.2) is 37.7 Å². The second kappa shape index (κ2) is 10.1. The summed E-state index contributed by atoms with van der Waals surface area (Å²) in [5, 5.41) is 15.8. The lowest BCUT2D eigenvalue weighted by molar-refractivity contribution is -0.141. The fourth-order valence-corrected chi connectivity index (χ4v) is 4.85. The minimum absolute atomic E-state index is 0.188. The molecule has 5 rings (SSSR count). The summed E-state index contributed by atoms with van der Waals surface area (Å²) in [7, 11) is 0. The summed E-state index contributed by atoms with van der Waals surface area (Å²) < 4.78 is 0.901. The van der Waals surface area contributed by atoms with E-state index in [-0.39, 0.29) is 18.4 Å². The van der Waals surface area contributed by atoms with Gasteiger partial charge in [0, 0.05) is 34.5 Å². The third kappa shape index (κ3) is 4.95. The maximum atomic E-state index is 13.5. The minimum Gasteiger partial charge on any atom is -0.481 e. The predicted molar refractivity (Wildman–Crippen MR) is 144 cm³/mol. The molecule has 0 fully saturated rings. The number of nitrogens with zero attached hydrogens (tertiary/aromatic N) is 3. The number of hydrogen-bond donors (Lipinski definition) is 2. The highest BCUT2D eigenvalue weighted by Crippen LogP contribution is 2.37. The zero-order valence-corrected chi connectivity index (χ0v) is 21.5. The number of carboxylic acid groups (broad SMARTS) is 1. The highest BCUT2D eigenvalue weighted by Gasteiger charge is 2.35. The number of amides is 1. The van der Waals surface area contributed by atoms with Crippen LogP contribution in [-0.2, 0) is 9.59 Å². The first-order valence-corrected chi connectivity index (χ1v) is 12.6. The molecule has 186 valence electrons. The van der Waals surface area contributed by atoms with E-state index in [2.05, 4.69) is 31.0 Å². The van der Waals surface area contributed by atoms with Crippen LogP contribution in [0.15, 0.2) is 81.2 Å². The van der Waals surface area contributed by atoms with Crippen molar-refractivity contribution in [2.75, 3.05) is 0 Å². The Labute approximate surface area is 220 Å². The van der Waals surface area contributed by atoms with Crippen molar-refractivity contribution in [3.63, 3.8) is 0 Å². The largest absolute Gasteiger partial charge is 0.481 e. The topological polar surface area (TPSA) is 116 Å². The molecular weight excluding hydrogens is 536 g/mol. The fourth-order valence-electron chi connectivity index (χ4n) is 4.58. The maximum absolute atomic E-state index is 13.5. The molecule has 1 aliphatic rings. The number of carbonyl (C=O) groups excluding carboxylic acids is 1. The molecule has 4 aromatic rings. The van der Waals surface area contributed by atoms with Gasteiger partial charge < -0.3 is 10.1 Å². The number of carbonyl (C=O) groups is 2. The van der Waals surface area contributed by atoms with Gasteiger partial charge in [-0.1, -0.05) is 57.9 Å².